The Morgan fingerprint density at radius 1 is 0.962 bits per heavy atom. The fourth-order valence-electron chi connectivity index (χ4n) is 2.13. The van der Waals surface area contributed by atoms with Crippen LogP contribution in [0.3, 0.4) is 0 Å². The molecular formula is C17H14F6N2O. The van der Waals surface area contributed by atoms with Crippen molar-refractivity contribution in [1.29, 1.82) is 0 Å². The van der Waals surface area contributed by atoms with E-state index >= 15 is 0 Å². The fourth-order valence-corrected chi connectivity index (χ4v) is 2.13. The normalized spacial score (nSPS) is 12.5. The van der Waals surface area contributed by atoms with Crippen molar-refractivity contribution in [2.45, 2.75) is 18.9 Å². The third-order valence-corrected chi connectivity index (χ3v) is 3.37. The number of rotatable bonds is 5. The maximum Gasteiger partial charge on any atom is 0.416 e. The van der Waals surface area contributed by atoms with Crippen LogP contribution in [0.4, 0.5) is 26.3 Å². The minimum Gasteiger partial charge on any atom is -0.353 e. The van der Waals surface area contributed by atoms with Gasteiger partial charge in [-0.3, -0.25) is 4.79 Å². The van der Waals surface area contributed by atoms with E-state index in [0.717, 1.165) is 12.2 Å². The molecule has 1 aromatic heterocycles. The molecule has 1 aromatic carbocycles. The summed E-state index contributed by atoms with van der Waals surface area (Å²) in [6.45, 7) is 0.739. The van der Waals surface area contributed by atoms with Crippen LogP contribution in [-0.4, -0.2) is 17.0 Å². The van der Waals surface area contributed by atoms with E-state index in [2.05, 4.69) is 5.32 Å². The maximum absolute atomic E-state index is 12.8. The Hall–Kier alpha value is -2.71. The first-order valence-corrected chi connectivity index (χ1v) is 7.42. The molecule has 26 heavy (non-hydrogen) atoms. The first-order valence-electron chi connectivity index (χ1n) is 7.42. The Morgan fingerprint density at radius 2 is 1.50 bits per heavy atom. The number of hydrogen-bond donors (Lipinski definition) is 1. The van der Waals surface area contributed by atoms with Gasteiger partial charge < -0.3 is 9.88 Å². The molecule has 1 N–H and O–H groups in total. The number of aromatic nitrogens is 1. The van der Waals surface area contributed by atoms with Crippen molar-refractivity contribution in [3.05, 3.63) is 65.5 Å². The van der Waals surface area contributed by atoms with E-state index in [9.17, 15) is 31.1 Å². The van der Waals surface area contributed by atoms with Crippen molar-refractivity contribution in [2.75, 3.05) is 6.54 Å². The highest BCUT2D eigenvalue weighted by Crippen LogP contribution is 2.36. The second kappa shape index (κ2) is 7.67. The van der Waals surface area contributed by atoms with Crippen molar-refractivity contribution in [2.24, 2.45) is 0 Å². The van der Waals surface area contributed by atoms with Gasteiger partial charge in [0, 0.05) is 31.6 Å². The molecule has 0 bridgehead atoms. The smallest absolute Gasteiger partial charge is 0.353 e. The number of nitrogens with one attached hydrogen (secondary N) is 1. The molecule has 140 valence electrons. The number of benzene rings is 1. The zero-order valence-electron chi connectivity index (χ0n) is 13.2. The van der Waals surface area contributed by atoms with Crippen LogP contribution in [0, 0.1) is 0 Å². The van der Waals surface area contributed by atoms with Crippen LogP contribution in [0.5, 0.6) is 0 Å². The highest BCUT2D eigenvalue weighted by Gasteiger charge is 2.36. The number of carbonyl (C=O) groups is 1. The Bertz CT molecular complexity index is 743. The summed E-state index contributed by atoms with van der Waals surface area (Å²) in [6.07, 6.45) is -4.49. The van der Waals surface area contributed by atoms with E-state index in [1.54, 1.807) is 29.1 Å². The lowest BCUT2D eigenvalue weighted by atomic mass is 10.0. The zero-order valence-corrected chi connectivity index (χ0v) is 13.2. The second-order valence-corrected chi connectivity index (χ2v) is 5.38. The number of alkyl halides is 6. The Morgan fingerprint density at radius 3 is 2.00 bits per heavy atom. The molecule has 2 aromatic rings. The Kier molecular flexibility index (Phi) is 5.79. The lowest BCUT2D eigenvalue weighted by Crippen LogP contribution is -2.25. The van der Waals surface area contributed by atoms with Crippen molar-refractivity contribution >= 4 is 12.0 Å². The third-order valence-electron chi connectivity index (χ3n) is 3.37. The minimum absolute atomic E-state index is 0.0362. The minimum atomic E-state index is -4.93. The third kappa shape index (κ3) is 5.68. The van der Waals surface area contributed by atoms with Gasteiger partial charge in [-0.1, -0.05) is 0 Å². The van der Waals surface area contributed by atoms with Crippen LogP contribution < -0.4 is 5.32 Å². The predicted molar refractivity (Wildman–Crippen MR) is 82.9 cm³/mol. The van der Waals surface area contributed by atoms with Gasteiger partial charge in [0.05, 0.1) is 11.1 Å². The van der Waals surface area contributed by atoms with Crippen LogP contribution >= 0.6 is 0 Å². The molecule has 0 atom stereocenters. The van der Waals surface area contributed by atoms with E-state index in [1.807, 2.05) is 0 Å². The highest BCUT2D eigenvalue weighted by molar-refractivity contribution is 5.91. The van der Waals surface area contributed by atoms with E-state index in [1.165, 1.54) is 0 Å². The highest BCUT2D eigenvalue weighted by atomic mass is 19.4. The molecule has 9 heteroatoms. The molecule has 0 saturated carbocycles. The summed E-state index contributed by atoms with van der Waals surface area (Å²) in [5, 5.41) is 2.49. The van der Waals surface area contributed by atoms with Gasteiger partial charge in [-0.2, -0.15) is 26.3 Å². The molecule has 1 amide bonds. The average Bonchev–Trinajstić information content (AvgIpc) is 3.04. The zero-order chi connectivity index (χ0) is 19.4. The molecule has 0 aliphatic rings. The summed E-state index contributed by atoms with van der Waals surface area (Å²) in [5.74, 6) is -0.622. The van der Waals surface area contributed by atoms with Crippen LogP contribution in [0.2, 0.25) is 0 Å². The second-order valence-electron chi connectivity index (χ2n) is 5.38. The van der Waals surface area contributed by atoms with E-state index < -0.39 is 29.4 Å². The largest absolute Gasteiger partial charge is 0.416 e. The first kappa shape index (κ1) is 19.6. The predicted octanol–water partition coefficient (Wildman–Crippen LogP) is 4.36. The Balaban J connectivity index is 2.09. The van der Waals surface area contributed by atoms with Gasteiger partial charge >= 0.3 is 12.4 Å². The van der Waals surface area contributed by atoms with Gasteiger partial charge in [0.15, 0.2) is 0 Å². The van der Waals surface area contributed by atoms with Crippen LogP contribution in [-0.2, 0) is 23.7 Å². The van der Waals surface area contributed by atoms with Crippen molar-refractivity contribution < 1.29 is 31.1 Å². The molecular weight excluding hydrogens is 362 g/mol. The maximum atomic E-state index is 12.8. The van der Waals surface area contributed by atoms with Crippen molar-refractivity contribution in [3.63, 3.8) is 0 Å². The molecule has 2 rings (SSSR count). The molecule has 0 unspecified atom stereocenters. The molecule has 0 saturated heterocycles. The number of nitrogens with zero attached hydrogens (tertiary/aromatic N) is 1. The summed E-state index contributed by atoms with van der Waals surface area (Å²) in [7, 11) is 0. The van der Waals surface area contributed by atoms with Gasteiger partial charge in [-0.15, -0.1) is 0 Å². The number of carbonyl (C=O) groups excluding carboxylic acids is 1. The van der Waals surface area contributed by atoms with E-state index in [4.69, 9.17) is 0 Å². The number of halogens is 6. The van der Waals surface area contributed by atoms with Gasteiger partial charge in [0.25, 0.3) is 0 Å². The van der Waals surface area contributed by atoms with E-state index in [-0.39, 0.29) is 18.2 Å². The molecule has 1 heterocycles. The summed E-state index contributed by atoms with van der Waals surface area (Å²) in [5.41, 5.74) is -3.23. The topological polar surface area (TPSA) is 34.0 Å². The lowest BCUT2D eigenvalue weighted by Gasteiger charge is -2.12. The van der Waals surface area contributed by atoms with Gasteiger partial charge in [-0.25, -0.2) is 0 Å². The molecule has 0 radical (unpaired) electrons. The fraction of sp³-hybridized carbons (Fsp3) is 0.235. The first-order chi connectivity index (χ1) is 12.1. The van der Waals surface area contributed by atoms with Crippen molar-refractivity contribution in [1.82, 2.24) is 9.88 Å². The number of hydrogen-bond acceptors (Lipinski definition) is 1. The molecule has 0 aliphatic carbocycles. The van der Waals surface area contributed by atoms with Gasteiger partial charge in [-0.05, 0) is 42.0 Å². The molecule has 3 nitrogen and oxygen atoms in total. The van der Waals surface area contributed by atoms with Gasteiger partial charge in [0.1, 0.15) is 0 Å². The van der Waals surface area contributed by atoms with Crippen LogP contribution in [0.1, 0.15) is 16.7 Å². The summed E-state index contributed by atoms with van der Waals surface area (Å²) in [4.78, 5) is 11.7. The monoisotopic (exact) mass is 376 g/mol. The van der Waals surface area contributed by atoms with Gasteiger partial charge in [0.2, 0.25) is 5.91 Å². The average molecular weight is 376 g/mol. The standard InChI is InChI=1S/C17H14F6N2O/c18-16(19,20)13-9-12(10-14(11-13)17(21,22)23)3-4-15(26)24-5-8-25-6-1-2-7-25/h1-4,6-7,9-11H,5,8H2,(H,24,26)/b4-3+. The number of amides is 1. The lowest BCUT2D eigenvalue weighted by molar-refractivity contribution is -0.143. The quantitative estimate of drug-likeness (QED) is 0.611. The van der Waals surface area contributed by atoms with Crippen molar-refractivity contribution in [3.8, 4) is 0 Å². The van der Waals surface area contributed by atoms with E-state index in [0.29, 0.717) is 18.7 Å². The van der Waals surface area contributed by atoms with Crippen LogP contribution in [0.25, 0.3) is 6.08 Å². The molecule has 0 fully saturated rings. The summed E-state index contributed by atoms with van der Waals surface area (Å²) in [6, 6.07) is 4.74. The molecule has 0 aliphatic heterocycles. The Labute approximate surface area is 144 Å². The van der Waals surface area contributed by atoms with Crippen LogP contribution in [0.15, 0.2) is 48.8 Å². The molecule has 0 spiro atoms. The summed E-state index contributed by atoms with van der Waals surface area (Å²) < 4.78 is 78.4. The SMILES string of the molecule is O=C(/C=C/c1cc(C(F)(F)F)cc(C(F)(F)F)c1)NCCn1cccc1. The summed E-state index contributed by atoms with van der Waals surface area (Å²) >= 11 is 0.